The maximum atomic E-state index is 12.8. The number of carbonyl (C=O) groups is 1. The summed E-state index contributed by atoms with van der Waals surface area (Å²) in [7, 11) is 0. The van der Waals surface area contributed by atoms with Crippen molar-refractivity contribution < 1.29 is 4.79 Å². The summed E-state index contributed by atoms with van der Waals surface area (Å²) in [6, 6.07) is 12.0. The standard InChI is InChI=1S/C18H14ClN7O2S/c19-12-4-1-10(2-5-12)8-20-16(27)11-3-6-13-14(7-11)21-18(29)26(17(13)28)9-15-22-24-25-23-15/h1-7H,8-9H2,(H,20,27)(H,21,29)(H,22,23,24,25). The molecule has 3 N–H and O–H groups in total. The molecular formula is C18H14ClN7O2S. The minimum absolute atomic E-state index is 0.0872. The van der Waals surface area contributed by atoms with Crippen molar-refractivity contribution in [1.82, 2.24) is 35.5 Å². The third-order valence-electron chi connectivity index (χ3n) is 4.30. The minimum atomic E-state index is -0.304. The van der Waals surface area contributed by atoms with Gasteiger partial charge in [-0.25, -0.2) is 0 Å². The predicted octanol–water partition coefficient (Wildman–Crippen LogP) is 2.20. The van der Waals surface area contributed by atoms with Gasteiger partial charge < -0.3 is 10.3 Å². The van der Waals surface area contributed by atoms with Crippen LogP contribution in [0.4, 0.5) is 0 Å². The van der Waals surface area contributed by atoms with Crippen molar-refractivity contribution in [3.05, 3.63) is 79.6 Å². The number of H-pyrrole nitrogens is 2. The first-order valence-corrected chi connectivity index (χ1v) is 9.32. The highest BCUT2D eigenvalue weighted by molar-refractivity contribution is 7.71. The number of hydrogen-bond donors (Lipinski definition) is 3. The van der Waals surface area contributed by atoms with Gasteiger partial charge in [-0.1, -0.05) is 28.9 Å². The van der Waals surface area contributed by atoms with Crippen LogP contribution in [0.5, 0.6) is 0 Å². The zero-order chi connectivity index (χ0) is 20.4. The number of nitrogens with zero attached hydrogens (tertiary/aromatic N) is 4. The Kier molecular flexibility index (Phi) is 5.19. The molecule has 0 aliphatic heterocycles. The fourth-order valence-electron chi connectivity index (χ4n) is 2.82. The number of hydrogen-bond acceptors (Lipinski definition) is 6. The molecule has 0 atom stereocenters. The molecule has 9 nitrogen and oxygen atoms in total. The Hall–Kier alpha value is -3.37. The molecule has 0 aliphatic carbocycles. The van der Waals surface area contributed by atoms with Gasteiger partial charge in [-0.05, 0) is 48.1 Å². The normalized spacial score (nSPS) is 10.9. The van der Waals surface area contributed by atoms with Gasteiger partial charge in [0.2, 0.25) is 0 Å². The highest BCUT2D eigenvalue weighted by atomic mass is 35.5. The number of benzene rings is 2. The van der Waals surface area contributed by atoms with Crippen LogP contribution in [0, 0.1) is 4.77 Å². The smallest absolute Gasteiger partial charge is 0.262 e. The molecule has 2 heterocycles. The lowest BCUT2D eigenvalue weighted by atomic mass is 10.1. The van der Waals surface area contributed by atoms with Gasteiger partial charge in [0.05, 0.1) is 17.4 Å². The first kappa shape index (κ1) is 19.0. The van der Waals surface area contributed by atoms with Gasteiger partial charge in [0.15, 0.2) is 10.6 Å². The van der Waals surface area contributed by atoms with Crippen molar-refractivity contribution in [2.24, 2.45) is 0 Å². The molecule has 0 spiro atoms. The highest BCUT2D eigenvalue weighted by Gasteiger charge is 2.12. The van der Waals surface area contributed by atoms with E-state index in [0.717, 1.165) is 5.56 Å². The van der Waals surface area contributed by atoms with E-state index >= 15 is 0 Å². The second kappa shape index (κ2) is 7.94. The molecule has 11 heteroatoms. The Balaban J connectivity index is 1.59. The summed E-state index contributed by atoms with van der Waals surface area (Å²) in [6.45, 7) is 0.445. The SMILES string of the molecule is O=C(NCc1ccc(Cl)cc1)c1ccc2c(=O)n(Cc3nn[nH]n3)c(=S)[nH]c2c1. The number of aromatic amines is 2. The average Bonchev–Trinajstić information content (AvgIpc) is 3.23. The molecule has 0 saturated carbocycles. The second-order valence-corrected chi connectivity index (χ2v) is 7.04. The van der Waals surface area contributed by atoms with Crippen LogP contribution in [0.25, 0.3) is 10.9 Å². The van der Waals surface area contributed by atoms with E-state index in [-0.39, 0.29) is 22.8 Å². The molecule has 2 aromatic heterocycles. The Bertz CT molecular complexity index is 1300. The molecule has 4 rings (SSSR count). The molecular weight excluding hydrogens is 414 g/mol. The summed E-state index contributed by atoms with van der Waals surface area (Å²) in [5.74, 6) is 0.0706. The maximum Gasteiger partial charge on any atom is 0.262 e. The van der Waals surface area contributed by atoms with Crippen molar-refractivity contribution in [3.8, 4) is 0 Å². The van der Waals surface area contributed by atoms with Gasteiger partial charge in [0.25, 0.3) is 11.5 Å². The number of tetrazole rings is 1. The van der Waals surface area contributed by atoms with E-state index in [9.17, 15) is 9.59 Å². The van der Waals surface area contributed by atoms with Crippen LogP contribution in [0.2, 0.25) is 5.02 Å². The number of nitrogens with one attached hydrogen (secondary N) is 3. The van der Waals surface area contributed by atoms with Crippen LogP contribution in [0.3, 0.4) is 0 Å². The van der Waals surface area contributed by atoms with Crippen LogP contribution in [-0.4, -0.2) is 36.1 Å². The van der Waals surface area contributed by atoms with Crippen LogP contribution >= 0.6 is 23.8 Å². The molecule has 0 saturated heterocycles. The quantitative estimate of drug-likeness (QED) is 0.420. The molecule has 29 heavy (non-hydrogen) atoms. The number of aromatic nitrogens is 6. The van der Waals surface area contributed by atoms with E-state index < -0.39 is 0 Å². The summed E-state index contributed by atoms with van der Waals surface area (Å²) in [5, 5.41) is 17.3. The van der Waals surface area contributed by atoms with Gasteiger partial charge in [0, 0.05) is 17.1 Å². The molecule has 4 aromatic rings. The Labute approximate surface area is 173 Å². The maximum absolute atomic E-state index is 12.8. The Morgan fingerprint density at radius 1 is 1.21 bits per heavy atom. The first-order chi connectivity index (χ1) is 14.0. The molecule has 1 amide bonds. The lowest BCUT2D eigenvalue weighted by Gasteiger charge is -2.09. The zero-order valence-electron chi connectivity index (χ0n) is 14.8. The molecule has 0 radical (unpaired) electrons. The highest BCUT2D eigenvalue weighted by Crippen LogP contribution is 2.12. The summed E-state index contributed by atoms with van der Waals surface area (Å²) >= 11 is 11.1. The Morgan fingerprint density at radius 3 is 2.72 bits per heavy atom. The lowest BCUT2D eigenvalue weighted by Crippen LogP contribution is -2.25. The summed E-state index contributed by atoms with van der Waals surface area (Å²) < 4.78 is 1.54. The fourth-order valence-corrected chi connectivity index (χ4v) is 3.20. The number of fused-ring (bicyclic) bond motifs is 1. The van der Waals surface area contributed by atoms with Crippen molar-refractivity contribution in [3.63, 3.8) is 0 Å². The average molecular weight is 428 g/mol. The summed E-state index contributed by atoms with van der Waals surface area (Å²) in [6.07, 6.45) is 0. The van der Waals surface area contributed by atoms with E-state index in [1.165, 1.54) is 4.57 Å². The van der Waals surface area contributed by atoms with E-state index in [1.54, 1.807) is 30.3 Å². The first-order valence-electron chi connectivity index (χ1n) is 8.53. The molecule has 0 fully saturated rings. The number of rotatable bonds is 5. The fraction of sp³-hybridized carbons (Fsp3) is 0.111. The third kappa shape index (κ3) is 4.08. The van der Waals surface area contributed by atoms with Gasteiger partial charge in [-0.15, -0.1) is 10.2 Å². The number of halogens is 1. The van der Waals surface area contributed by atoms with E-state index in [2.05, 4.69) is 30.9 Å². The van der Waals surface area contributed by atoms with Crippen LogP contribution in [0.15, 0.2) is 47.3 Å². The molecule has 0 unspecified atom stereocenters. The number of amides is 1. The van der Waals surface area contributed by atoms with Crippen LogP contribution < -0.4 is 10.9 Å². The monoisotopic (exact) mass is 427 g/mol. The molecule has 2 aromatic carbocycles. The van der Waals surface area contributed by atoms with Gasteiger partial charge in [0.1, 0.15) is 0 Å². The minimum Gasteiger partial charge on any atom is -0.348 e. The van der Waals surface area contributed by atoms with E-state index in [4.69, 9.17) is 23.8 Å². The van der Waals surface area contributed by atoms with Gasteiger partial charge in [-0.2, -0.15) is 5.21 Å². The topological polar surface area (TPSA) is 121 Å². The second-order valence-electron chi connectivity index (χ2n) is 6.22. The molecule has 146 valence electrons. The lowest BCUT2D eigenvalue weighted by molar-refractivity contribution is 0.0951. The molecule has 0 bridgehead atoms. The van der Waals surface area contributed by atoms with Crippen LogP contribution in [0.1, 0.15) is 21.7 Å². The van der Waals surface area contributed by atoms with Crippen molar-refractivity contribution >= 4 is 40.6 Å². The third-order valence-corrected chi connectivity index (χ3v) is 4.87. The van der Waals surface area contributed by atoms with Crippen molar-refractivity contribution in [2.75, 3.05) is 0 Å². The van der Waals surface area contributed by atoms with Crippen molar-refractivity contribution in [1.29, 1.82) is 0 Å². The number of carbonyl (C=O) groups excluding carboxylic acids is 1. The van der Waals surface area contributed by atoms with Crippen LogP contribution in [-0.2, 0) is 13.1 Å². The largest absolute Gasteiger partial charge is 0.348 e. The van der Waals surface area contributed by atoms with E-state index in [0.29, 0.717) is 33.9 Å². The Morgan fingerprint density at radius 2 is 2.00 bits per heavy atom. The molecule has 0 aliphatic rings. The summed E-state index contributed by atoms with van der Waals surface area (Å²) in [4.78, 5) is 28.2. The predicted molar refractivity (Wildman–Crippen MR) is 109 cm³/mol. The van der Waals surface area contributed by atoms with Gasteiger partial charge >= 0.3 is 0 Å². The zero-order valence-corrected chi connectivity index (χ0v) is 16.4. The summed E-state index contributed by atoms with van der Waals surface area (Å²) in [5.41, 5.74) is 1.50. The van der Waals surface area contributed by atoms with Crippen molar-refractivity contribution in [2.45, 2.75) is 13.1 Å². The van der Waals surface area contributed by atoms with E-state index in [1.807, 2.05) is 12.1 Å². The van der Waals surface area contributed by atoms with Gasteiger partial charge in [-0.3, -0.25) is 14.2 Å².